The number of nitrogen functional groups attached to an aromatic ring is 1. The molecule has 104 valence electrons. The summed E-state index contributed by atoms with van der Waals surface area (Å²) in [5.41, 5.74) is 10.6. The largest absolute Gasteiger partial charge is 0.397 e. The highest BCUT2D eigenvalue weighted by atomic mass is 32.1. The van der Waals surface area contributed by atoms with Crippen molar-refractivity contribution < 1.29 is 4.79 Å². The van der Waals surface area contributed by atoms with Crippen molar-refractivity contribution in [3.05, 3.63) is 33.8 Å². The van der Waals surface area contributed by atoms with Gasteiger partial charge in [-0.2, -0.15) is 0 Å². The van der Waals surface area contributed by atoms with Crippen molar-refractivity contribution in [1.82, 2.24) is 4.98 Å². The van der Waals surface area contributed by atoms with Crippen LogP contribution >= 0.6 is 11.3 Å². The first-order chi connectivity index (χ1) is 9.52. The summed E-state index contributed by atoms with van der Waals surface area (Å²) in [4.78, 5) is 17.9. The number of carbonyl (C=O) groups is 1. The zero-order valence-corrected chi connectivity index (χ0v) is 12.3. The number of amides is 1. The molecule has 1 amide bonds. The highest BCUT2D eigenvalue weighted by molar-refractivity contribution is 7.09. The number of nitrogens with zero attached hydrogens (tertiary/aromatic N) is 2. The van der Waals surface area contributed by atoms with Gasteiger partial charge in [0.1, 0.15) is 0 Å². The Labute approximate surface area is 121 Å². The molecule has 0 bridgehead atoms. The molecule has 0 spiro atoms. The predicted octanol–water partition coefficient (Wildman–Crippen LogP) is 2.16. The molecule has 0 saturated carbocycles. The van der Waals surface area contributed by atoms with Gasteiger partial charge in [-0.15, -0.1) is 11.3 Å². The standard InChI is InChI=1S/C14H16N4OS/c1-8-16-10(7-20-8)6-18(2)13-5-12-9(3-11(13)15)4-14(19)17-12/h3,5,7H,4,6,15H2,1-2H3,(H,17,19). The lowest BCUT2D eigenvalue weighted by molar-refractivity contribution is -0.115. The maximum atomic E-state index is 11.4. The number of carbonyl (C=O) groups excluding carboxylic acids is 1. The number of fused-ring (bicyclic) bond motifs is 1. The molecule has 0 fully saturated rings. The molecule has 1 aromatic heterocycles. The third-order valence-corrected chi connectivity index (χ3v) is 4.18. The number of aromatic nitrogens is 1. The molecule has 3 rings (SSSR count). The summed E-state index contributed by atoms with van der Waals surface area (Å²) in [6.45, 7) is 2.69. The normalized spacial score (nSPS) is 13.2. The summed E-state index contributed by atoms with van der Waals surface area (Å²) in [7, 11) is 1.98. The Hall–Kier alpha value is -2.08. The molecule has 0 unspecified atom stereocenters. The van der Waals surface area contributed by atoms with Gasteiger partial charge in [-0.1, -0.05) is 0 Å². The predicted molar refractivity (Wildman–Crippen MR) is 82.1 cm³/mol. The molecule has 6 heteroatoms. The summed E-state index contributed by atoms with van der Waals surface area (Å²) in [5.74, 6) is 0.0225. The number of aryl methyl sites for hydroxylation is 1. The van der Waals surface area contributed by atoms with Crippen LogP contribution in [0.2, 0.25) is 0 Å². The van der Waals surface area contributed by atoms with Gasteiger partial charge in [0.2, 0.25) is 5.91 Å². The molecule has 3 N–H and O–H groups in total. The van der Waals surface area contributed by atoms with Crippen LogP contribution in [0.25, 0.3) is 0 Å². The Balaban J connectivity index is 1.86. The number of rotatable bonds is 3. The number of hydrogen-bond donors (Lipinski definition) is 2. The summed E-state index contributed by atoms with van der Waals surface area (Å²) < 4.78 is 0. The van der Waals surface area contributed by atoms with Crippen molar-refractivity contribution >= 4 is 34.3 Å². The van der Waals surface area contributed by atoms with Crippen LogP contribution in [0.1, 0.15) is 16.3 Å². The van der Waals surface area contributed by atoms with Crippen molar-refractivity contribution in [3.63, 3.8) is 0 Å². The van der Waals surface area contributed by atoms with Gasteiger partial charge >= 0.3 is 0 Å². The quantitative estimate of drug-likeness (QED) is 0.849. The van der Waals surface area contributed by atoms with E-state index in [1.807, 2.05) is 26.1 Å². The first kappa shape index (κ1) is 12.9. The minimum atomic E-state index is 0.0225. The zero-order chi connectivity index (χ0) is 14.3. The highest BCUT2D eigenvalue weighted by Gasteiger charge is 2.20. The molecule has 2 heterocycles. The molecule has 0 radical (unpaired) electrons. The van der Waals surface area contributed by atoms with Gasteiger partial charge in [0.05, 0.1) is 35.0 Å². The fraction of sp³-hybridized carbons (Fsp3) is 0.286. The van der Waals surface area contributed by atoms with Crippen molar-refractivity contribution in [2.24, 2.45) is 0 Å². The van der Waals surface area contributed by atoms with Gasteiger partial charge in [0, 0.05) is 18.1 Å². The van der Waals surface area contributed by atoms with E-state index in [-0.39, 0.29) is 5.91 Å². The molecule has 0 saturated heterocycles. The van der Waals surface area contributed by atoms with Gasteiger partial charge in [-0.25, -0.2) is 4.98 Å². The average Bonchev–Trinajstić information content (AvgIpc) is 2.93. The van der Waals surface area contributed by atoms with E-state index in [4.69, 9.17) is 5.73 Å². The lowest BCUT2D eigenvalue weighted by Gasteiger charge is -2.21. The SMILES string of the molecule is Cc1nc(CN(C)c2cc3c(cc2N)CC(=O)N3)cs1. The second kappa shape index (κ2) is 4.79. The topological polar surface area (TPSA) is 71.2 Å². The lowest BCUT2D eigenvalue weighted by atomic mass is 10.1. The van der Waals surface area contributed by atoms with E-state index in [2.05, 4.69) is 20.6 Å². The van der Waals surface area contributed by atoms with Crippen LogP contribution in [0, 0.1) is 6.92 Å². The molecule has 1 aromatic carbocycles. The minimum Gasteiger partial charge on any atom is -0.397 e. The van der Waals surface area contributed by atoms with Crippen LogP contribution < -0.4 is 16.0 Å². The van der Waals surface area contributed by atoms with Gasteiger partial charge in [-0.05, 0) is 24.6 Å². The Bertz CT molecular complexity index is 680. The first-order valence-electron chi connectivity index (χ1n) is 6.37. The Morgan fingerprint density at radius 2 is 2.30 bits per heavy atom. The molecule has 0 atom stereocenters. The smallest absolute Gasteiger partial charge is 0.228 e. The Kier molecular flexibility index (Phi) is 3.10. The van der Waals surface area contributed by atoms with Gasteiger partial charge in [0.25, 0.3) is 0 Å². The van der Waals surface area contributed by atoms with E-state index in [1.54, 1.807) is 11.3 Å². The van der Waals surface area contributed by atoms with Crippen LogP contribution in [0.3, 0.4) is 0 Å². The van der Waals surface area contributed by atoms with Crippen molar-refractivity contribution in [2.45, 2.75) is 19.9 Å². The Morgan fingerprint density at radius 1 is 1.50 bits per heavy atom. The summed E-state index contributed by atoms with van der Waals surface area (Å²) in [6, 6.07) is 3.82. The molecule has 1 aliphatic rings. The minimum absolute atomic E-state index is 0.0225. The van der Waals surface area contributed by atoms with Crippen LogP contribution in [0.15, 0.2) is 17.5 Å². The van der Waals surface area contributed by atoms with Crippen LogP contribution in [0.4, 0.5) is 17.1 Å². The number of hydrogen-bond acceptors (Lipinski definition) is 5. The average molecular weight is 288 g/mol. The van der Waals surface area contributed by atoms with Crippen LogP contribution in [0.5, 0.6) is 0 Å². The number of benzene rings is 1. The maximum absolute atomic E-state index is 11.4. The van der Waals surface area contributed by atoms with E-state index in [0.717, 1.165) is 27.6 Å². The summed E-state index contributed by atoms with van der Waals surface area (Å²) in [6.07, 6.45) is 0.412. The van der Waals surface area contributed by atoms with E-state index in [1.165, 1.54) is 0 Å². The zero-order valence-electron chi connectivity index (χ0n) is 11.4. The highest BCUT2D eigenvalue weighted by Crippen LogP contribution is 2.33. The first-order valence-corrected chi connectivity index (χ1v) is 7.25. The van der Waals surface area contributed by atoms with E-state index < -0.39 is 0 Å². The monoisotopic (exact) mass is 288 g/mol. The van der Waals surface area contributed by atoms with Crippen molar-refractivity contribution in [1.29, 1.82) is 0 Å². The number of thiazole rings is 1. The lowest BCUT2D eigenvalue weighted by Crippen LogP contribution is -2.18. The van der Waals surface area contributed by atoms with Crippen molar-refractivity contribution in [2.75, 3.05) is 23.0 Å². The fourth-order valence-electron chi connectivity index (χ4n) is 2.42. The number of nitrogens with two attached hydrogens (primary N) is 1. The molecule has 5 nitrogen and oxygen atoms in total. The van der Waals surface area contributed by atoms with Crippen LogP contribution in [-0.4, -0.2) is 17.9 Å². The molecular weight excluding hydrogens is 272 g/mol. The molecule has 2 aromatic rings. The van der Waals surface area contributed by atoms with E-state index in [0.29, 0.717) is 18.7 Å². The third-order valence-electron chi connectivity index (χ3n) is 3.35. The van der Waals surface area contributed by atoms with E-state index >= 15 is 0 Å². The third kappa shape index (κ3) is 2.34. The summed E-state index contributed by atoms with van der Waals surface area (Å²) in [5, 5.41) is 5.96. The molecule has 1 aliphatic heterocycles. The van der Waals surface area contributed by atoms with Gasteiger partial charge < -0.3 is 16.0 Å². The second-order valence-electron chi connectivity index (χ2n) is 5.01. The maximum Gasteiger partial charge on any atom is 0.228 e. The summed E-state index contributed by atoms with van der Waals surface area (Å²) >= 11 is 1.64. The van der Waals surface area contributed by atoms with Gasteiger partial charge in [-0.3, -0.25) is 4.79 Å². The fourth-order valence-corrected chi connectivity index (χ4v) is 3.03. The van der Waals surface area contributed by atoms with Gasteiger partial charge in [0.15, 0.2) is 0 Å². The van der Waals surface area contributed by atoms with E-state index in [9.17, 15) is 4.79 Å². The second-order valence-corrected chi connectivity index (χ2v) is 6.07. The van der Waals surface area contributed by atoms with Crippen LogP contribution in [-0.2, 0) is 17.8 Å². The number of nitrogens with one attached hydrogen (secondary N) is 1. The molecule has 0 aliphatic carbocycles. The Morgan fingerprint density at radius 3 is 3.00 bits per heavy atom. The molecule has 20 heavy (non-hydrogen) atoms. The van der Waals surface area contributed by atoms with Crippen molar-refractivity contribution in [3.8, 4) is 0 Å². The molecular formula is C14H16N4OS. The number of anilines is 3.